The van der Waals surface area contributed by atoms with Crippen LogP contribution in [0.4, 0.5) is 0 Å². The summed E-state index contributed by atoms with van der Waals surface area (Å²) >= 11 is 0. The second-order valence-electron chi connectivity index (χ2n) is 3.54. The highest BCUT2D eigenvalue weighted by Gasteiger charge is 2.29. The zero-order valence-corrected chi connectivity index (χ0v) is 8.43. The molecule has 0 spiro atoms. The summed E-state index contributed by atoms with van der Waals surface area (Å²) in [6.45, 7) is 4.24. The van der Waals surface area contributed by atoms with E-state index in [4.69, 9.17) is 4.52 Å². The van der Waals surface area contributed by atoms with Gasteiger partial charge in [-0.15, -0.1) is 0 Å². The third kappa shape index (κ3) is 1.91. The van der Waals surface area contributed by atoms with Gasteiger partial charge in [0.15, 0.2) is 5.82 Å². The van der Waals surface area contributed by atoms with E-state index in [1.54, 1.807) is 4.90 Å². The summed E-state index contributed by atoms with van der Waals surface area (Å²) in [6.07, 6.45) is 5.62. The number of nitrogens with zero attached hydrogens (tertiary/aromatic N) is 3. The average Bonchev–Trinajstić information content (AvgIpc) is 2.81. The first-order valence-corrected chi connectivity index (χ1v) is 5.02. The van der Waals surface area contributed by atoms with E-state index in [1.165, 1.54) is 12.5 Å². The van der Waals surface area contributed by atoms with Gasteiger partial charge in [-0.1, -0.05) is 11.7 Å². The number of amides is 1. The largest absolute Gasteiger partial charge is 0.343 e. The molecule has 15 heavy (non-hydrogen) atoms. The molecule has 1 aromatic heterocycles. The lowest BCUT2D eigenvalue weighted by atomic mass is 10.0. The molecule has 1 unspecified atom stereocenters. The van der Waals surface area contributed by atoms with E-state index in [0.717, 1.165) is 25.8 Å². The van der Waals surface area contributed by atoms with Gasteiger partial charge in [0, 0.05) is 6.54 Å². The molecule has 1 amide bonds. The summed E-state index contributed by atoms with van der Waals surface area (Å²) in [6, 6.07) is -0.0528. The SMILES string of the molecule is C=CC(=O)N1CCCCC1c1ncon1. The van der Waals surface area contributed by atoms with E-state index in [0.29, 0.717) is 5.82 Å². The molecule has 1 aromatic rings. The minimum atomic E-state index is -0.0653. The first-order valence-electron chi connectivity index (χ1n) is 5.02. The fraction of sp³-hybridized carbons (Fsp3) is 0.500. The minimum Gasteiger partial charge on any atom is -0.343 e. The Morgan fingerprint density at radius 3 is 3.20 bits per heavy atom. The molecule has 0 bridgehead atoms. The quantitative estimate of drug-likeness (QED) is 0.686. The van der Waals surface area contributed by atoms with E-state index < -0.39 is 0 Å². The number of likely N-dealkylation sites (tertiary alicyclic amines) is 1. The van der Waals surface area contributed by atoms with Crippen molar-refractivity contribution in [3.63, 3.8) is 0 Å². The summed E-state index contributed by atoms with van der Waals surface area (Å²) in [5.74, 6) is 0.523. The van der Waals surface area contributed by atoms with Crippen LogP contribution in [0.2, 0.25) is 0 Å². The molecule has 0 radical (unpaired) electrons. The Balaban J connectivity index is 2.20. The van der Waals surface area contributed by atoms with Crippen molar-refractivity contribution >= 4 is 5.91 Å². The molecule has 80 valence electrons. The normalized spacial score (nSPS) is 21.3. The molecule has 2 rings (SSSR count). The van der Waals surface area contributed by atoms with E-state index in [-0.39, 0.29) is 11.9 Å². The zero-order chi connectivity index (χ0) is 10.7. The van der Waals surface area contributed by atoms with Crippen LogP contribution in [0.3, 0.4) is 0 Å². The average molecular weight is 207 g/mol. The van der Waals surface area contributed by atoms with Crippen LogP contribution in [-0.4, -0.2) is 27.5 Å². The van der Waals surface area contributed by atoms with Crippen molar-refractivity contribution in [3.8, 4) is 0 Å². The molecular weight excluding hydrogens is 194 g/mol. The van der Waals surface area contributed by atoms with Gasteiger partial charge >= 0.3 is 0 Å². The highest BCUT2D eigenvalue weighted by atomic mass is 16.5. The lowest BCUT2D eigenvalue weighted by molar-refractivity contribution is -0.129. The van der Waals surface area contributed by atoms with Crippen molar-refractivity contribution in [1.82, 2.24) is 15.0 Å². The molecule has 2 heterocycles. The Morgan fingerprint density at radius 2 is 2.53 bits per heavy atom. The van der Waals surface area contributed by atoms with E-state index in [2.05, 4.69) is 16.7 Å². The molecular formula is C10H13N3O2. The number of rotatable bonds is 2. The highest BCUT2D eigenvalue weighted by Crippen LogP contribution is 2.28. The van der Waals surface area contributed by atoms with E-state index in [1.807, 2.05) is 0 Å². The molecule has 5 nitrogen and oxygen atoms in total. The van der Waals surface area contributed by atoms with Gasteiger partial charge in [0.1, 0.15) is 0 Å². The van der Waals surface area contributed by atoms with Gasteiger partial charge in [0.2, 0.25) is 12.3 Å². The summed E-state index contributed by atoms with van der Waals surface area (Å²) < 4.78 is 4.70. The Hall–Kier alpha value is -1.65. The van der Waals surface area contributed by atoms with Crippen LogP contribution in [0, 0.1) is 0 Å². The van der Waals surface area contributed by atoms with Crippen LogP contribution in [0.5, 0.6) is 0 Å². The molecule has 5 heteroatoms. The fourth-order valence-corrected chi connectivity index (χ4v) is 1.91. The molecule has 1 saturated heterocycles. The third-order valence-electron chi connectivity index (χ3n) is 2.64. The van der Waals surface area contributed by atoms with Gasteiger partial charge in [0.05, 0.1) is 6.04 Å². The second-order valence-corrected chi connectivity index (χ2v) is 3.54. The number of hydrogen-bond donors (Lipinski definition) is 0. The topological polar surface area (TPSA) is 59.2 Å². The molecule has 1 aliphatic heterocycles. The summed E-state index contributed by atoms with van der Waals surface area (Å²) in [7, 11) is 0. The van der Waals surface area contributed by atoms with Crippen LogP contribution in [-0.2, 0) is 4.79 Å². The monoisotopic (exact) mass is 207 g/mol. The number of hydrogen-bond acceptors (Lipinski definition) is 4. The van der Waals surface area contributed by atoms with Gasteiger partial charge in [-0.2, -0.15) is 4.98 Å². The van der Waals surface area contributed by atoms with Crippen molar-refractivity contribution < 1.29 is 9.32 Å². The van der Waals surface area contributed by atoms with Crippen LogP contribution in [0.1, 0.15) is 31.1 Å². The molecule has 0 saturated carbocycles. The van der Waals surface area contributed by atoms with Crippen molar-refractivity contribution in [2.24, 2.45) is 0 Å². The molecule has 0 aliphatic carbocycles. The van der Waals surface area contributed by atoms with E-state index >= 15 is 0 Å². The Morgan fingerprint density at radius 1 is 1.67 bits per heavy atom. The van der Waals surface area contributed by atoms with E-state index in [9.17, 15) is 4.79 Å². The number of aromatic nitrogens is 2. The maximum Gasteiger partial charge on any atom is 0.246 e. The Labute approximate surface area is 87.8 Å². The predicted molar refractivity (Wildman–Crippen MR) is 52.8 cm³/mol. The molecule has 1 fully saturated rings. The second kappa shape index (κ2) is 4.25. The molecule has 1 aliphatic rings. The smallest absolute Gasteiger partial charge is 0.246 e. The number of carbonyl (C=O) groups is 1. The van der Waals surface area contributed by atoms with Crippen molar-refractivity contribution in [3.05, 3.63) is 24.9 Å². The van der Waals surface area contributed by atoms with Crippen LogP contribution in [0.15, 0.2) is 23.6 Å². The Bertz CT molecular complexity index is 348. The predicted octanol–water partition coefficient (Wildman–Crippen LogP) is 1.31. The number of carbonyl (C=O) groups excluding carboxylic acids is 1. The van der Waals surface area contributed by atoms with Gasteiger partial charge in [-0.25, -0.2) is 0 Å². The van der Waals surface area contributed by atoms with Gasteiger partial charge in [0.25, 0.3) is 0 Å². The zero-order valence-electron chi connectivity index (χ0n) is 8.43. The summed E-state index contributed by atoms with van der Waals surface area (Å²) in [4.78, 5) is 17.3. The summed E-state index contributed by atoms with van der Waals surface area (Å²) in [5, 5.41) is 3.79. The molecule has 0 N–H and O–H groups in total. The van der Waals surface area contributed by atoms with Crippen molar-refractivity contribution in [2.45, 2.75) is 25.3 Å². The fourth-order valence-electron chi connectivity index (χ4n) is 1.91. The van der Waals surface area contributed by atoms with Gasteiger partial charge < -0.3 is 9.42 Å². The van der Waals surface area contributed by atoms with Crippen molar-refractivity contribution in [2.75, 3.05) is 6.54 Å². The molecule has 1 atom stereocenters. The van der Waals surface area contributed by atoms with Crippen LogP contribution in [0.25, 0.3) is 0 Å². The first-order chi connectivity index (χ1) is 7.33. The first kappa shape index (κ1) is 9.89. The lowest BCUT2D eigenvalue weighted by Crippen LogP contribution is -2.37. The minimum absolute atomic E-state index is 0.0528. The summed E-state index contributed by atoms with van der Waals surface area (Å²) in [5.41, 5.74) is 0. The van der Waals surface area contributed by atoms with Crippen molar-refractivity contribution in [1.29, 1.82) is 0 Å². The highest BCUT2D eigenvalue weighted by molar-refractivity contribution is 5.87. The third-order valence-corrected chi connectivity index (χ3v) is 2.64. The van der Waals surface area contributed by atoms with Crippen LogP contribution >= 0.6 is 0 Å². The Kier molecular flexibility index (Phi) is 2.80. The van der Waals surface area contributed by atoms with Gasteiger partial charge in [-0.05, 0) is 25.3 Å². The maximum absolute atomic E-state index is 11.6. The standard InChI is InChI=1S/C10H13N3O2/c1-2-9(14)13-6-4-3-5-8(13)10-11-7-15-12-10/h2,7-8H,1,3-6H2. The maximum atomic E-state index is 11.6. The number of piperidine rings is 1. The van der Waals surface area contributed by atoms with Crippen LogP contribution < -0.4 is 0 Å². The van der Waals surface area contributed by atoms with Gasteiger partial charge in [-0.3, -0.25) is 4.79 Å². The molecule has 0 aromatic carbocycles. The lowest BCUT2D eigenvalue weighted by Gasteiger charge is -2.32.